The van der Waals surface area contributed by atoms with Crippen molar-refractivity contribution in [1.29, 1.82) is 0 Å². The summed E-state index contributed by atoms with van der Waals surface area (Å²) in [6, 6.07) is 20.7. The van der Waals surface area contributed by atoms with Gasteiger partial charge in [0, 0.05) is 22.3 Å². The number of carbonyl (C=O) groups excluding carboxylic acids is 1. The summed E-state index contributed by atoms with van der Waals surface area (Å²) in [7, 11) is 0. The van der Waals surface area contributed by atoms with Crippen LogP contribution >= 0.6 is 23.4 Å². The number of thioether (sulfide) groups is 1. The number of aryl methyl sites for hydroxylation is 1. The number of nitrogens with one attached hydrogen (secondary N) is 1. The Balaban J connectivity index is 1.39. The number of nitrogens with zero attached hydrogens (tertiary/aromatic N) is 3. The van der Waals surface area contributed by atoms with Gasteiger partial charge in [0.15, 0.2) is 22.5 Å². The molecule has 1 amide bonds. The number of amides is 1. The first-order chi connectivity index (χ1) is 16.1. The highest BCUT2D eigenvalue weighted by Crippen LogP contribution is 2.34. The minimum Gasteiger partial charge on any atom is -0.454 e. The van der Waals surface area contributed by atoms with E-state index in [1.54, 1.807) is 18.2 Å². The van der Waals surface area contributed by atoms with Crippen LogP contribution in [0.25, 0.3) is 17.1 Å². The van der Waals surface area contributed by atoms with Crippen LogP contribution in [0.1, 0.15) is 5.56 Å². The van der Waals surface area contributed by atoms with Crippen LogP contribution in [-0.4, -0.2) is 33.2 Å². The van der Waals surface area contributed by atoms with Gasteiger partial charge in [0.05, 0.1) is 11.4 Å². The van der Waals surface area contributed by atoms with Crippen molar-refractivity contribution in [2.24, 2.45) is 0 Å². The number of hydrogen-bond acceptors (Lipinski definition) is 6. The van der Waals surface area contributed by atoms with Crippen LogP contribution in [0, 0.1) is 6.92 Å². The molecule has 0 bridgehead atoms. The van der Waals surface area contributed by atoms with Crippen molar-refractivity contribution in [2.45, 2.75) is 12.1 Å². The molecule has 2 heterocycles. The van der Waals surface area contributed by atoms with Crippen LogP contribution < -0.4 is 14.8 Å². The Labute approximate surface area is 199 Å². The Kier molecular flexibility index (Phi) is 5.93. The number of anilines is 1. The van der Waals surface area contributed by atoms with E-state index >= 15 is 0 Å². The van der Waals surface area contributed by atoms with Gasteiger partial charge in [-0.25, -0.2) is 0 Å². The van der Waals surface area contributed by atoms with Gasteiger partial charge in [0.1, 0.15) is 0 Å². The maximum atomic E-state index is 12.6. The number of ether oxygens (including phenoxy) is 2. The average Bonchev–Trinajstić information content (AvgIpc) is 3.45. The Hall–Kier alpha value is -3.49. The lowest BCUT2D eigenvalue weighted by Gasteiger charge is -2.13. The van der Waals surface area contributed by atoms with Gasteiger partial charge in [-0.05, 0) is 55.0 Å². The molecule has 1 aliphatic rings. The third kappa shape index (κ3) is 4.53. The van der Waals surface area contributed by atoms with Gasteiger partial charge in [0.25, 0.3) is 0 Å². The summed E-state index contributed by atoms with van der Waals surface area (Å²) in [6.07, 6.45) is 0. The van der Waals surface area contributed by atoms with Crippen LogP contribution in [0.4, 0.5) is 5.69 Å². The fourth-order valence-corrected chi connectivity index (χ4v) is 4.35. The molecule has 5 rings (SSSR count). The molecule has 0 atom stereocenters. The molecular weight excluding hydrogens is 460 g/mol. The molecule has 33 heavy (non-hydrogen) atoms. The van der Waals surface area contributed by atoms with Gasteiger partial charge in [0.2, 0.25) is 12.7 Å². The largest absolute Gasteiger partial charge is 0.454 e. The molecule has 0 saturated carbocycles. The standard InChI is InChI=1S/C24H19ClN4O3S/c1-15-4-2-3-5-19(15)29-23(16-6-8-17(25)9-7-16)27-28-24(29)33-13-22(30)26-18-10-11-20-21(12-18)32-14-31-20/h2-12H,13-14H2,1H3,(H,26,30). The van der Waals surface area contributed by atoms with Crippen LogP contribution in [0.2, 0.25) is 5.02 Å². The van der Waals surface area contributed by atoms with E-state index in [9.17, 15) is 4.79 Å². The SMILES string of the molecule is Cc1ccccc1-n1c(SCC(=O)Nc2ccc3c(c2)OCO3)nnc1-c1ccc(Cl)cc1. The predicted octanol–water partition coefficient (Wildman–Crippen LogP) is 5.36. The maximum Gasteiger partial charge on any atom is 0.234 e. The molecule has 1 N–H and O–H groups in total. The fraction of sp³-hybridized carbons (Fsp3) is 0.125. The molecule has 0 radical (unpaired) electrons. The lowest BCUT2D eigenvalue weighted by atomic mass is 10.1. The first kappa shape index (κ1) is 21.4. The molecule has 0 unspecified atom stereocenters. The highest BCUT2D eigenvalue weighted by molar-refractivity contribution is 7.99. The highest BCUT2D eigenvalue weighted by atomic mass is 35.5. The minimum absolute atomic E-state index is 0.161. The van der Waals surface area contributed by atoms with E-state index in [0.717, 1.165) is 16.8 Å². The normalized spacial score (nSPS) is 12.1. The molecule has 1 aliphatic heterocycles. The third-order valence-corrected chi connectivity index (χ3v) is 6.26. The number of para-hydroxylation sites is 1. The summed E-state index contributed by atoms with van der Waals surface area (Å²) < 4.78 is 12.6. The van der Waals surface area contributed by atoms with Gasteiger partial charge in [-0.1, -0.05) is 41.6 Å². The van der Waals surface area contributed by atoms with E-state index < -0.39 is 0 Å². The first-order valence-electron chi connectivity index (χ1n) is 10.2. The molecular formula is C24H19ClN4O3S. The zero-order valence-corrected chi connectivity index (χ0v) is 19.2. The van der Waals surface area contributed by atoms with Crippen molar-refractivity contribution in [1.82, 2.24) is 14.8 Å². The summed E-state index contributed by atoms with van der Waals surface area (Å²) in [5.41, 5.74) is 3.55. The molecule has 3 aromatic carbocycles. The monoisotopic (exact) mass is 478 g/mol. The quantitative estimate of drug-likeness (QED) is 0.376. The number of carbonyl (C=O) groups is 1. The number of hydrogen-bond donors (Lipinski definition) is 1. The summed E-state index contributed by atoms with van der Waals surface area (Å²) in [4.78, 5) is 12.6. The van der Waals surface area contributed by atoms with E-state index in [0.29, 0.717) is 33.2 Å². The summed E-state index contributed by atoms with van der Waals surface area (Å²) in [5.74, 6) is 1.97. The van der Waals surface area contributed by atoms with Crippen LogP contribution in [0.5, 0.6) is 11.5 Å². The van der Waals surface area contributed by atoms with Crippen molar-refractivity contribution in [3.8, 4) is 28.6 Å². The van der Waals surface area contributed by atoms with Gasteiger partial charge < -0.3 is 14.8 Å². The van der Waals surface area contributed by atoms with Gasteiger partial charge in [-0.15, -0.1) is 10.2 Å². The van der Waals surface area contributed by atoms with E-state index in [-0.39, 0.29) is 18.5 Å². The number of halogens is 1. The predicted molar refractivity (Wildman–Crippen MR) is 128 cm³/mol. The summed E-state index contributed by atoms with van der Waals surface area (Å²) >= 11 is 7.38. The Morgan fingerprint density at radius 3 is 2.67 bits per heavy atom. The third-order valence-electron chi connectivity index (χ3n) is 5.08. The van der Waals surface area contributed by atoms with Gasteiger partial charge >= 0.3 is 0 Å². The van der Waals surface area contributed by atoms with E-state index in [4.69, 9.17) is 21.1 Å². The molecule has 4 aromatic rings. The second kappa shape index (κ2) is 9.17. The zero-order chi connectivity index (χ0) is 22.8. The smallest absolute Gasteiger partial charge is 0.234 e. The Morgan fingerprint density at radius 2 is 1.85 bits per heavy atom. The second-order valence-corrected chi connectivity index (χ2v) is 8.72. The molecule has 7 nitrogen and oxygen atoms in total. The van der Waals surface area contributed by atoms with Crippen molar-refractivity contribution < 1.29 is 14.3 Å². The highest BCUT2D eigenvalue weighted by Gasteiger charge is 2.19. The summed E-state index contributed by atoms with van der Waals surface area (Å²) in [6.45, 7) is 2.22. The molecule has 0 fully saturated rings. The molecule has 0 aliphatic carbocycles. The Morgan fingerprint density at radius 1 is 1.06 bits per heavy atom. The number of fused-ring (bicyclic) bond motifs is 1. The van der Waals surface area contributed by atoms with Crippen LogP contribution in [-0.2, 0) is 4.79 Å². The molecule has 0 saturated heterocycles. The molecule has 166 valence electrons. The molecule has 1 aromatic heterocycles. The maximum absolute atomic E-state index is 12.6. The van der Waals surface area contributed by atoms with Crippen molar-refractivity contribution in [3.05, 3.63) is 77.3 Å². The van der Waals surface area contributed by atoms with Gasteiger partial charge in [-0.3, -0.25) is 9.36 Å². The number of benzene rings is 3. The van der Waals surface area contributed by atoms with Crippen LogP contribution in [0.3, 0.4) is 0 Å². The second-order valence-electron chi connectivity index (χ2n) is 7.34. The minimum atomic E-state index is -0.161. The van der Waals surface area contributed by atoms with Crippen molar-refractivity contribution in [3.63, 3.8) is 0 Å². The Bertz CT molecular complexity index is 1320. The number of rotatable bonds is 6. The van der Waals surface area contributed by atoms with Crippen LogP contribution in [0.15, 0.2) is 71.9 Å². The topological polar surface area (TPSA) is 78.3 Å². The summed E-state index contributed by atoms with van der Waals surface area (Å²) in [5, 5.41) is 13.0. The first-order valence-corrected chi connectivity index (χ1v) is 11.5. The fourth-order valence-electron chi connectivity index (χ4n) is 3.48. The van der Waals surface area contributed by atoms with Crippen molar-refractivity contribution >= 4 is 35.0 Å². The zero-order valence-electron chi connectivity index (χ0n) is 17.6. The van der Waals surface area contributed by atoms with Gasteiger partial charge in [-0.2, -0.15) is 0 Å². The van der Waals surface area contributed by atoms with E-state index in [2.05, 4.69) is 15.5 Å². The van der Waals surface area contributed by atoms with E-state index in [1.165, 1.54) is 11.8 Å². The van der Waals surface area contributed by atoms with Crippen molar-refractivity contribution in [2.75, 3.05) is 17.9 Å². The lowest BCUT2D eigenvalue weighted by Crippen LogP contribution is -2.14. The van der Waals surface area contributed by atoms with E-state index in [1.807, 2.05) is 60.0 Å². The lowest BCUT2D eigenvalue weighted by molar-refractivity contribution is -0.113. The molecule has 0 spiro atoms. The average molecular weight is 479 g/mol. The molecule has 9 heteroatoms. The number of aromatic nitrogens is 3.